The van der Waals surface area contributed by atoms with Crippen molar-refractivity contribution in [1.82, 2.24) is 14.5 Å². The third-order valence-corrected chi connectivity index (χ3v) is 5.86. The van der Waals surface area contributed by atoms with Gasteiger partial charge in [-0.25, -0.2) is 4.98 Å². The molecule has 0 radical (unpaired) electrons. The number of aryl methyl sites for hydroxylation is 1. The second-order valence-electron chi connectivity index (χ2n) is 7.90. The molecule has 1 aromatic heterocycles. The van der Waals surface area contributed by atoms with Gasteiger partial charge in [-0.05, 0) is 31.4 Å². The van der Waals surface area contributed by atoms with E-state index in [1.807, 2.05) is 17.7 Å². The largest absolute Gasteiger partial charge is 0.480 e. The third kappa shape index (κ3) is 4.23. The number of hydrogen-bond acceptors (Lipinski definition) is 6. The molecule has 162 valence electrons. The van der Waals surface area contributed by atoms with Crippen LogP contribution in [0.25, 0.3) is 0 Å². The number of fused-ring (bicyclic) bond motifs is 1. The molecule has 1 atom stereocenters. The summed E-state index contributed by atoms with van der Waals surface area (Å²) in [7, 11) is 0. The Morgan fingerprint density at radius 3 is 2.77 bits per heavy atom. The van der Waals surface area contributed by atoms with Crippen molar-refractivity contribution in [3.8, 4) is 17.2 Å². The molecule has 1 amide bonds. The Morgan fingerprint density at radius 2 is 2.03 bits per heavy atom. The molecule has 2 aromatic rings. The predicted octanol–water partition coefficient (Wildman–Crippen LogP) is 2.39. The highest BCUT2D eigenvalue weighted by molar-refractivity contribution is 5.81. The number of imidazole rings is 1. The summed E-state index contributed by atoms with van der Waals surface area (Å²) in [6, 6.07) is 5.33. The Morgan fingerprint density at radius 1 is 1.27 bits per heavy atom. The highest BCUT2D eigenvalue weighted by Crippen LogP contribution is 2.35. The van der Waals surface area contributed by atoms with Crippen molar-refractivity contribution in [1.29, 1.82) is 0 Å². The van der Waals surface area contributed by atoms with Crippen molar-refractivity contribution < 1.29 is 24.1 Å². The minimum Gasteiger partial charge on any atom is -0.480 e. The van der Waals surface area contributed by atoms with Crippen LogP contribution in [0.5, 0.6) is 17.2 Å². The van der Waals surface area contributed by atoms with Gasteiger partial charge in [-0.1, -0.05) is 13.8 Å². The number of benzene rings is 1. The minimum absolute atomic E-state index is 0.0471. The van der Waals surface area contributed by atoms with Crippen LogP contribution in [0.15, 0.2) is 30.6 Å². The van der Waals surface area contributed by atoms with Gasteiger partial charge in [-0.2, -0.15) is 0 Å². The van der Waals surface area contributed by atoms with E-state index in [0.29, 0.717) is 56.1 Å². The first-order chi connectivity index (χ1) is 14.5. The smallest absolute Gasteiger partial charge is 0.263 e. The molecule has 1 fully saturated rings. The van der Waals surface area contributed by atoms with Crippen LogP contribution in [0.4, 0.5) is 0 Å². The second-order valence-corrected chi connectivity index (χ2v) is 7.90. The van der Waals surface area contributed by atoms with E-state index in [9.17, 15) is 9.90 Å². The molecule has 0 saturated carbocycles. The summed E-state index contributed by atoms with van der Waals surface area (Å²) >= 11 is 0. The molecule has 8 nitrogen and oxygen atoms in total. The van der Waals surface area contributed by atoms with E-state index in [0.717, 1.165) is 12.2 Å². The molecule has 1 saturated heterocycles. The number of aliphatic hydroxyl groups is 1. The van der Waals surface area contributed by atoms with Gasteiger partial charge in [0.05, 0.1) is 12.1 Å². The van der Waals surface area contributed by atoms with E-state index >= 15 is 0 Å². The lowest BCUT2D eigenvalue weighted by atomic mass is 9.91. The van der Waals surface area contributed by atoms with Gasteiger partial charge in [0.2, 0.25) is 6.79 Å². The molecule has 0 spiro atoms. The average Bonchev–Trinajstić information content (AvgIpc) is 3.40. The van der Waals surface area contributed by atoms with Crippen LogP contribution in [-0.4, -0.2) is 57.1 Å². The van der Waals surface area contributed by atoms with Crippen LogP contribution in [0.3, 0.4) is 0 Å². The van der Waals surface area contributed by atoms with Gasteiger partial charge in [0, 0.05) is 38.0 Å². The van der Waals surface area contributed by atoms with E-state index in [1.54, 1.807) is 29.3 Å². The Labute approximate surface area is 176 Å². The molecular formula is C22H29N3O5. The molecule has 0 unspecified atom stereocenters. The van der Waals surface area contributed by atoms with Crippen molar-refractivity contribution in [3.63, 3.8) is 0 Å². The summed E-state index contributed by atoms with van der Waals surface area (Å²) in [6.45, 7) is 5.70. The van der Waals surface area contributed by atoms with Crippen molar-refractivity contribution in [2.24, 2.45) is 0 Å². The Balaban J connectivity index is 1.35. The Hall–Kier alpha value is -2.74. The third-order valence-electron chi connectivity index (χ3n) is 5.86. The number of hydrogen-bond donors (Lipinski definition) is 1. The predicted molar refractivity (Wildman–Crippen MR) is 110 cm³/mol. The molecule has 8 heteroatoms. The highest BCUT2D eigenvalue weighted by atomic mass is 16.7. The summed E-state index contributed by atoms with van der Waals surface area (Å²) in [4.78, 5) is 19.2. The highest BCUT2D eigenvalue weighted by Gasteiger charge is 2.36. The summed E-state index contributed by atoms with van der Waals surface area (Å²) in [5.41, 5.74) is -0.832. The van der Waals surface area contributed by atoms with Crippen LogP contribution >= 0.6 is 0 Å². The first kappa shape index (κ1) is 20.5. The molecule has 3 heterocycles. The van der Waals surface area contributed by atoms with Crippen molar-refractivity contribution in [2.45, 2.75) is 57.8 Å². The molecule has 0 aliphatic carbocycles. The molecule has 1 N–H and O–H groups in total. The van der Waals surface area contributed by atoms with Gasteiger partial charge in [-0.3, -0.25) is 4.79 Å². The van der Waals surface area contributed by atoms with Crippen LogP contribution in [-0.2, 0) is 17.8 Å². The maximum atomic E-state index is 13.0. The van der Waals surface area contributed by atoms with Gasteiger partial charge >= 0.3 is 0 Å². The number of aromatic nitrogens is 2. The van der Waals surface area contributed by atoms with E-state index in [-0.39, 0.29) is 12.7 Å². The molecule has 4 rings (SSSR count). The molecule has 1 aromatic carbocycles. The lowest BCUT2D eigenvalue weighted by molar-refractivity contribution is -0.143. The molecule has 0 bridgehead atoms. The molecular weight excluding hydrogens is 386 g/mol. The maximum absolute atomic E-state index is 13.0. The number of likely N-dealkylation sites (tertiary alicyclic amines) is 1. The standard InChI is InChI=1S/C22H29N3O5/c1-3-17(30-16-5-6-18-19(13-16)29-15-28-18)21(26)24-10-7-22(27,8-11-24)14-25-12-9-23-20(25)4-2/h5-6,9,12-13,17,27H,3-4,7-8,10-11,14-15H2,1-2H3/t17-/m1/s1. The fourth-order valence-corrected chi connectivity index (χ4v) is 4.04. The fraction of sp³-hybridized carbons (Fsp3) is 0.545. The Kier molecular flexibility index (Phi) is 5.85. The molecule has 2 aliphatic heterocycles. The van der Waals surface area contributed by atoms with Crippen LogP contribution in [0.2, 0.25) is 0 Å². The number of rotatable bonds is 7. The van der Waals surface area contributed by atoms with E-state index in [2.05, 4.69) is 11.9 Å². The van der Waals surface area contributed by atoms with Gasteiger partial charge < -0.3 is 28.8 Å². The first-order valence-corrected chi connectivity index (χ1v) is 10.6. The quantitative estimate of drug-likeness (QED) is 0.747. The fourth-order valence-electron chi connectivity index (χ4n) is 4.04. The summed E-state index contributed by atoms with van der Waals surface area (Å²) < 4.78 is 18.7. The first-order valence-electron chi connectivity index (χ1n) is 10.6. The van der Waals surface area contributed by atoms with E-state index in [1.165, 1.54) is 0 Å². The van der Waals surface area contributed by atoms with Crippen molar-refractivity contribution in [2.75, 3.05) is 19.9 Å². The zero-order chi connectivity index (χ0) is 21.1. The summed E-state index contributed by atoms with van der Waals surface area (Å²) in [5, 5.41) is 11.0. The molecule has 2 aliphatic rings. The van der Waals surface area contributed by atoms with E-state index < -0.39 is 11.7 Å². The normalized spacial score (nSPS) is 18.3. The van der Waals surface area contributed by atoms with Gasteiger partial charge in [0.15, 0.2) is 17.6 Å². The number of amides is 1. The number of carbonyl (C=O) groups excluding carboxylic acids is 1. The van der Waals surface area contributed by atoms with Gasteiger partial charge in [-0.15, -0.1) is 0 Å². The minimum atomic E-state index is -0.832. The zero-order valence-corrected chi connectivity index (χ0v) is 17.5. The second kappa shape index (κ2) is 8.55. The van der Waals surface area contributed by atoms with Gasteiger partial charge in [0.25, 0.3) is 5.91 Å². The summed E-state index contributed by atoms with van der Waals surface area (Å²) in [6.07, 6.45) is 5.53. The van der Waals surface area contributed by atoms with Crippen molar-refractivity contribution >= 4 is 5.91 Å². The Bertz CT molecular complexity index is 889. The SMILES string of the molecule is CCc1nccn1CC1(O)CCN(C(=O)[C@@H](CC)Oc2ccc3c(c2)OCO3)CC1. The van der Waals surface area contributed by atoms with Crippen LogP contribution in [0, 0.1) is 0 Å². The number of nitrogens with zero attached hydrogens (tertiary/aromatic N) is 3. The zero-order valence-electron chi connectivity index (χ0n) is 17.5. The lowest BCUT2D eigenvalue weighted by Crippen LogP contribution is -2.51. The lowest BCUT2D eigenvalue weighted by Gasteiger charge is -2.39. The van der Waals surface area contributed by atoms with Gasteiger partial charge in [0.1, 0.15) is 11.6 Å². The average molecular weight is 415 g/mol. The maximum Gasteiger partial charge on any atom is 0.263 e. The van der Waals surface area contributed by atoms with Crippen molar-refractivity contribution in [3.05, 3.63) is 36.4 Å². The van der Waals surface area contributed by atoms with Crippen LogP contribution < -0.4 is 14.2 Å². The number of ether oxygens (including phenoxy) is 3. The topological polar surface area (TPSA) is 86.1 Å². The molecule has 30 heavy (non-hydrogen) atoms. The monoisotopic (exact) mass is 415 g/mol. The van der Waals surface area contributed by atoms with E-state index in [4.69, 9.17) is 14.2 Å². The summed E-state index contributed by atoms with van der Waals surface area (Å²) in [5.74, 6) is 2.81. The van der Waals surface area contributed by atoms with Crippen LogP contribution in [0.1, 0.15) is 38.9 Å². The number of piperidine rings is 1. The number of carbonyl (C=O) groups is 1.